The number of ether oxygens (including phenoxy) is 3. The third kappa shape index (κ3) is 62.4. The van der Waals surface area contributed by atoms with E-state index in [0.717, 1.165) is 161 Å². The Morgan fingerprint density at radius 3 is 0.795 bits per heavy atom. The summed E-state index contributed by atoms with van der Waals surface area (Å²) in [5.74, 6) is -0.924. The smallest absolute Gasteiger partial charge is 0.306 e. The van der Waals surface area contributed by atoms with Crippen molar-refractivity contribution in [3.63, 3.8) is 0 Å². The van der Waals surface area contributed by atoms with Gasteiger partial charge in [0.15, 0.2) is 6.10 Å². The fourth-order valence-corrected chi connectivity index (χ4v) is 8.58. The fraction of sp³-hybridized carbons (Fsp3) is 0.653. The minimum atomic E-state index is -0.796. The van der Waals surface area contributed by atoms with Crippen LogP contribution in [0.5, 0.6) is 0 Å². The highest BCUT2D eigenvalue weighted by Gasteiger charge is 2.19. The molecule has 0 aromatic rings. The minimum absolute atomic E-state index is 0.0907. The van der Waals surface area contributed by atoms with Crippen LogP contribution in [-0.2, 0) is 28.6 Å². The third-order valence-corrected chi connectivity index (χ3v) is 13.4. The van der Waals surface area contributed by atoms with Crippen LogP contribution in [0.3, 0.4) is 0 Å². The second kappa shape index (κ2) is 65.1. The Labute approximate surface area is 481 Å². The Hall–Kier alpha value is -4.45. The van der Waals surface area contributed by atoms with Crippen molar-refractivity contribution in [2.24, 2.45) is 0 Å². The molecule has 1 atom stereocenters. The maximum atomic E-state index is 12.9. The molecular formula is C72H118O6. The highest BCUT2D eigenvalue weighted by atomic mass is 16.6. The molecule has 0 heterocycles. The van der Waals surface area contributed by atoms with E-state index in [1.807, 2.05) is 0 Å². The first-order valence-corrected chi connectivity index (χ1v) is 32.2. The van der Waals surface area contributed by atoms with Gasteiger partial charge in [0, 0.05) is 19.3 Å². The molecule has 0 fully saturated rings. The zero-order valence-corrected chi connectivity index (χ0v) is 50.6. The van der Waals surface area contributed by atoms with Crippen molar-refractivity contribution in [2.75, 3.05) is 13.2 Å². The summed E-state index contributed by atoms with van der Waals surface area (Å²) in [7, 11) is 0. The molecule has 0 saturated heterocycles. The van der Waals surface area contributed by atoms with Crippen molar-refractivity contribution < 1.29 is 28.6 Å². The van der Waals surface area contributed by atoms with Crippen LogP contribution in [0.2, 0.25) is 0 Å². The van der Waals surface area contributed by atoms with E-state index in [4.69, 9.17) is 14.2 Å². The fourth-order valence-electron chi connectivity index (χ4n) is 8.58. The van der Waals surface area contributed by atoms with Crippen molar-refractivity contribution in [3.05, 3.63) is 134 Å². The van der Waals surface area contributed by atoms with Crippen LogP contribution >= 0.6 is 0 Å². The summed E-state index contributed by atoms with van der Waals surface area (Å²) in [6, 6.07) is 0. The summed E-state index contributed by atoms with van der Waals surface area (Å²) < 4.78 is 16.9. The van der Waals surface area contributed by atoms with Crippen LogP contribution in [-0.4, -0.2) is 37.2 Å². The number of unbranched alkanes of at least 4 members (excludes halogenated alkanes) is 24. The summed E-state index contributed by atoms with van der Waals surface area (Å²) in [4.78, 5) is 38.2. The van der Waals surface area contributed by atoms with Crippen LogP contribution in [0.1, 0.15) is 284 Å². The van der Waals surface area contributed by atoms with Crippen LogP contribution in [0.4, 0.5) is 0 Å². The molecule has 0 aromatic heterocycles. The molecule has 0 N–H and O–H groups in total. The second-order valence-corrected chi connectivity index (χ2v) is 20.9. The number of carbonyl (C=O) groups is 3. The van der Waals surface area contributed by atoms with Gasteiger partial charge in [-0.2, -0.15) is 0 Å². The first-order valence-electron chi connectivity index (χ1n) is 32.2. The topological polar surface area (TPSA) is 78.9 Å². The quantitative estimate of drug-likeness (QED) is 0.0261. The molecule has 6 nitrogen and oxygen atoms in total. The molecule has 0 saturated carbocycles. The normalized spacial score (nSPS) is 13.0. The van der Waals surface area contributed by atoms with Gasteiger partial charge in [-0.15, -0.1) is 0 Å². The van der Waals surface area contributed by atoms with Gasteiger partial charge in [-0.3, -0.25) is 14.4 Å². The van der Waals surface area contributed by atoms with Crippen molar-refractivity contribution >= 4 is 17.9 Å². The predicted molar refractivity (Wildman–Crippen MR) is 339 cm³/mol. The molecule has 78 heavy (non-hydrogen) atoms. The molecule has 1 unspecified atom stereocenters. The van der Waals surface area contributed by atoms with Gasteiger partial charge in [0.1, 0.15) is 13.2 Å². The predicted octanol–water partition coefficient (Wildman–Crippen LogP) is 22.2. The average Bonchev–Trinajstić information content (AvgIpc) is 3.44. The Morgan fingerprint density at radius 1 is 0.269 bits per heavy atom. The van der Waals surface area contributed by atoms with Gasteiger partial charge < -0.3 is 14.2 Å². The molecule has 0 spiro atoms. The van der Waals surface area contributed by atoms with E-state index < -0.39 is 6.10 Å². The summed E-state index contributed by atoms with van der Waals surface area (Å²) in [6.45, 7) is 6.48. The first kappa shape index (κ1) is 73.5. The van der Waals surface area contributed by atoms with E-state index in [0.29, 0.717) is 19.3 Å². The van der Waals surface area contributed by atoms with Gasteiger partial charge in [0.25, 0.3) is 0 Å². The van der Waals surface area contributed by atoms with E-state index in [1.54, 1.807) is 0 Å². The Kier molecular flexibility index (Phi) is 61.4. The average molecular weight is 1080 g/mol. The zero-order valence-electron chi connectivity index (χ0n) is 50.6. The Morgan fingerprint density at radius 2 is 0.500 bits per heavy atom. The van der Waals surface area contributed by atoms with E-state index in [1.165, 1.54) is 83.5 Å². The van der Waals surface area contributed by atoms with E-state index >= 15 is 0 Å². The van der Waals surface area contributed by atoms with E-state index in [9.17, 15) is 14.4 Å². The number of esters is 3. The monoisotopic (exact) mass is 1080 g/mol. The number of allylic oxidation sites excluding steroid dienone is 22. The summed E-state index contributed by atoms with van der Waals surface area (Å²) in [5.41, 5.74) is 0. The maximum Gasteiger partial charge on any atom is 0.306 e. The molecule has 0 aliphatic heterocycles. The first-order chi connectivity index (χ1) is 38.5. The molecule has 6 heteroatoms. The van der Waals surface area contributed by atoms with Gasteiger partial charge in [0.2, 0.25) is 0 Å². The van der Waals surface area contributed by atoms with Crippen molar-refractivity contribution in [1.29, 1.82) is 0 Å². The molecule has 0 aliphatic carbocycles. The lowest BCUT2D eigenvalue weighted by molar-refractivity contribution is -0.167. The molecule has 442 valence electrons. The van der Waals surface area contributed by atoms with Crippen LogP contribution in [0, 0.1) is 0 Å². The molecule has 0 amide bonds. The highest BCUT2D eigenvalue weighted by Crippen LogP contribution is 2.15. The van der Waals surface area contributed by atoms with Gasteiger partial charge in [0.05, 0.1) is 0 Å². The van der Waals surface area contributed by atoms with E-state index in [2.05, 4.69) is 154 Å². The lowest BCUT2D eigenvalue weighted by Crippen LogP contribution is -2.30. The summed E-state index contributed by atoms with van der Waals surface area (Å²) in [5, 5.41) is 0. The van der Waals surface area contributed by atoms with E-state index in [-0.39, 0.29) is 31.1 Å². The largest absolute Gasteiger partial charge is 0.462 e. The van der Waals surface area contributed by atoms with Gasteiger partial charge in [-0.1, -0.05) is 276 Å². The second-order valence-electron chi connectivity index (χ2n) is 20.9. The number of carbonyl (C=O) groups excluding carboxylic acids is 3. The molecule has 0 aromatic carbocycles. The van der Waals surface area contributed by atoms with Crippen LogP contribution in [0.25, 0.3) is 0 Å². The standard InChI is InChI=1S/C72H118O6/c1-4-7-10-13-16-19-22-24-26-28-29-30-31-32-33-34-35-36-37-38-39-40-41-42-43-44-46-47-50-53-56-59-62-65-71(74)77-68-69(67-76-70(73)64-61-58-55-52-49-21-18-15-12-9-6-3)78-72(75)66-63-60-57-54-51-48-45-27-25-23-20-17-14-11-8-5-2/h7,10,16,19-20,23-24,26-27,29-30,32-33,35-36,38-39,41-42,44-46,69H,4-6,8-9,11-15,17-18,21-22,25,28,31,34,37,40,43,47-68H2,1-3H3/b10-7-,19-16-,23-20-,26-24-,30-29-,33-32-,36-35-,39-38-,42-41-,45-27-,46-44-. The molecular weight excluding hydrogens is 961 g/mol. The highest BCUT2D eigenvalue weighted by molar-refractivity contribution is 5.71. The minimum Gasteiger partial charge on any atom is -0.462 e. The lowest BCUT2D eigenvalue weighted by Gasteiger charge is -2.18. The van der Waals surface area contributed by atoms with Crippen molar-refractivity contribution in [2.45, 2.75) is 290 Å². The zero-order chi connectivity index (χ0) is 56.4. The number of rotatable bonds is 57. The van der Waals surface area contributed by atoms with Crippen LogP contribution < -0.4 is 0 Å². The Bertz CT molecular complexity index is 1670. The third-order valence-electron chi connectivity index (χ3n) is 13.4. The molecule has 0 radical (unpaired) electrons. The van der Waals surface area contributed by atoms with Gasteiger partial charge in [-0.25, -0.2) is 0 Å². The van der Waals surface area contributed by atoms with Crippen molar-refractivity contribution in [3.8, 4) is 0 Å². The summed E-state index contributed by atoms with van der Waals surface area (Å²) in [6.07, 6.45) is 91.7. The Balaban J connectivity index is 4.31. The molecule has 0 rings (SSSR count). The SMILES string of the molecule is CC/C=C\C/C=C\C/C=C\C/C=C\C/C=C\C/C=C\C/C=C\C/C=C\C/C=C\CCCCCCCC(=O)OCC(COC(=O)CCCCCCCCCCCCC)OC(=O)CCCCCCC/C=C\C/C=C\CCCCCC. The van der Waals surface area contributed by atoms with Crippen molar-refractivity contribution in [1.82, 2.24) is 0 Å². The van der Waals surface area contributed by atoms with Crippen LogP contribution in [0.15, 0.2) is 134 Å². The lowest BCUT2D eigenvalue weighted by atomic mass is 10.1. The number of hydrogen-bond donors (Lipinski definition) is 0. The molecule has 0 bridgehead atoms. The maximum absolute atomic E-state index is 12.9. The van der Waals surface area contributed by atoms with Gasteiger partial charge >= 0.3 is 17.9 Å². The molecule has 0 aliphatic rings. The summed E-state index contributed by atoms with van der Waals surface area (Å²) >= 11 is 0. The van der Waals surface area contributed by atoms with Gasteiger partial charge in [-0.05, 0) is 122 Å². The number of hydrogen-bond acceptors (Lipinski definition) is 6.